The number of pyridine rings is 1. The summed E-state index contributed by atoms with van der Waals surface area (Å²) >= 11 is 3.32. The maximum absolute atomic E-state index is 12.0. The molecule has 0 saturated carbocycles. The SMILES string of the molecule is O=C(c1ccccc1)c1cccc(CBr)n1. The Labute approximate surface area is 102 Å². The van der Waals surface area contributed by atoms with E-state index in [-0.39, 0.29) is 5.78 Å². The Balaban J connectivity index is 2.34. The van der Waals surface area contributed by atoms with Crippen LogP contribution in [0.3, 0.4) is 0 Å². The third-order valence-electron chi connectivity index (χ3n) is 2.21. The van der Waals surface area contributed by atoms with Gasteiger partial charge in [-0.3, -0.25) is 4.79 Å². The molecule has 0 N–H and O–H groups in total. The van der Waals surface area contributed by atoms with Crippen LogP contribution in [0.25, 0.3) is 0 Å². The van der Waals surface area contributed by atoms with E-state index in [1.807, 2.05) is 30.3 Å². The number of alkyl halides is 1. The summed E-state index contributed by atoms with van der Waals surface area (Å²) < 4.78 is 0. The highest BCUT2D eigenvalue weighted by Crippen LogP contribution is 2.09. The van der Waals surface area contributed by atoms with E-state index in [1.54, 1.807) is 18.2 Å². The number of hydrogen-bond acceptors (Lipinski definition) is 2. The average molecular weight is 276 g/mol. The molecular formula is C13H10BrNO. The van der Waals surface area contributed by atoms with Gasteiger partial charge in [-0.05, 0) is 12.1 Å². The lowest BCUT2D eigenvalue weighted by Gasteiger charge is -2.01. The lowest BCUT2D eigenvalue weighted by atomic mass is 10.1. The molecule has 1 heterocycles. The summed E-state index contributed by atoms with van der Waals surface area (Å²) in [4.78, 5) is 16.3. The van der Waals surface area contributed by atoms with Gasteiger partial charge in [0.2, 0.25) is 5.78 Å². The normalized spacial score (nSPS) is 10.1. The fraction of sp³-hybridized carbons (Fsp3) is 0.0769. The van der Waals surface area contributed by atoms with E-state index in [2.05, 4.69) is 20.9 Å². The molecule has 2 rings (SSSR count). The van der Waals surface area contributed by atoms with E-state index in [4.69, 9.17) is 0 Å². The van der Waals surface area contributed by atoms with Crippen LogP contribution < -0.4 is 0 Å². The van der Waals surface area contributed by atoms with Crippen molar-refractivity contribution in [1.82, 2.24) is 4.98 Å². The standard InChI is InChI=1S/C13H10BrNO/c14-9-11-7-4-8-12(15-11)13(16)10-5-2-1-3-6-10/h1-8H,9H2. The minimum atomic E-state index is -0.0385. The Hall–Kier alpha value is -1.48. The second-order valence-corrected chi connectivity index (χ2v) is 3.90. The number of nitrogens with zero attached hydrogens (tertiary/aromatic N) is 1. The monoisotopic (exact) mass is 275 g/mol. The molecule has 0 fully saturated rings. The maximum atomic E-state index is 12.0. The van der Waals surface area contributed by atoms with E-state index in [0.29, 0.717) is 16.6 Å². The number of carbonyl (C=O) groups excluding carboxylic acids is 1. The largest absolute Gasteiger partial charge is 0.287 e. The highest BCUT2D eigenvalue weighted by molar-refractivity contribution is 9.08. The number of ketones is 1. The molecule has 2 nitrogen and oxygen atoms in total. The van der Waals surface area contributed by atoms with Gasteiger partial charge in [-0.25, -0.2) is 4.98 Å². The van der Waals surface area contributed by atoms with Crippen molar-refractivity contribution in [3.05, 3.63) is 65.5 Å². The van der Waals surface area contributed by atoms with Crippen LogP contribution in [-0.4, -0.2) is 10.8 Å². The molecule has 0 aliphatic heterocycles. The maximum Gasteiger partial charge on any atom is 0.211 e. The molecule has 0 aliphatic carbocycles. The van der Waals surface area contributed by atoms with Crippen LogP contribution in [0.1, 0.15) is 21.7 Å². The number of benzene rings is 1. The first-order valence-electron chi connectivity index (χ1n) is 4.93. The Morgan fingerprint density at radius 1 is 1.06 bits per heavy atom. The molecular weight excluding hydrogens is 266 g/mol. The van der Waals surface area contributed by atoms with Crippen LogP contribution in [0.2, 0.25) is 0 Å². The van der Waals surface area contributed by atoms with Gasteiger partial charge in [0.25, 0.3) is 0 Å². The van der Waals surface area contributed by atoms with Crippen LogP contribution in [-0.2, 0) is 5.33 Å². The zero-order chi connectivity index (χ0) is 11.4. The van der Waals surface area contributed by atoms with E-state index >= 15 is 0 Å². The van der Waals surface area contributed by atoms with Gasteiger partial charge in [0, 0.05) is 10.9 Å². The summed E-state index contributed by atoms with van der Waals surface area (Å²) in [6.45, 7) is 0. The predicted octanol–water partition coefficient (Wildman–Crippen LogP) is 3.21. The highest BCUT2D eigenvalue weighted by atomic mass is 79.9. The van der Waals surface area contributed by atoms with Crippen molar-refractivity contribution < 1.29 is 4.79 Å². The number of aromatic nitrogens is 1. The van der Waals surface area contributed by atoms with Crippen LogP contribution in [0.4, 0.5) is 0 Å². The lowest BCUT2D eigenvalue weighted by Crippen LogP contribution is -2.04. The van der Waals surface area contributed by atoms with Gasteiger partial charge in [-0.2, -0.15) is 0 Å². The van der Waals surface area contributed by atoms with E-state index in [9.17, 15) is 4.79 Å². The van der Waals surface area contributed by atoms with E-state index < -0.39 is 0 Å². The molecule has 2 aromatic rings. The van der Waals surface area contributed by atoms with Crippen molar-refractivity contribution in [2.75, 3.05) is 0 Å². The van der Waals surface area contributed by atoms with Crippen LogP contribution in [0.5, 0.6) is 0 Å². The molecule has 0 aliphatic rings. The van der Waals surface area contributed by atoms with Crippen molar-refractivity contribution in [3.63, 3.8) is 0 Å². The molecule has 3 heteroatoms. The molecule has 16 heavy (non-hydrogen) atoms. The minimum Gasteiger partial charge on any atom is -0.287 e. The number of hydrogen-bond donors (Lipinski definition) is 0. The van der Waals surface area contributed by atoms with Gasteiger partial charge in [0.15, 0.2) is 0 Å². The summed E-state index contributed by atoms with van der Waals surface area (Å²) in [5.74, 6) is -0.0385. The molecule has 0 amide bonds. The molecule has 0 radical (unpaired) electrons. The van der Waals surface area contributed by atoms with E-state index in [1.165, 1.54) is 0 Å². The van der Waals surface area contributed by atoms with Gasteiger partial charge in [-0.15, -0.1) is 0 Å². The number of carbonyl (C=O) groups is 1. The van der Waals surface area contributed by atoms with Crippen molar-refractivity contribution in [3.8, 4) is 0 Å². The molecule has 0 saturated heterocycles. The fourth-order valence-corrected chi connectivity index (χ4v) is 1.73. The topological polar surface area (TPSA) is 30.0 Å². The predicted molar refractivity (Wildman–Crippen MR) is 66.7 cm³/mol. The van der Waals surface area contributed by atoms with Gasteiger partial charge < -0.3 is 0 Å². The molecule has 1 aromatic heterocycles. The van der Waals surface area contributed by atoms with Crippen molar-refractivity contribution in [2.45, 2.75) is 5.33 Å². The second-order valence-electron chi connectivity index (χ2n) is 3.34. The first kappa shape index (κ1) is 11.0. The first-order chi connectivity index (χ1) is 7.81. The van der Waals surface area contributed by atoms with Gasteiger partial charge >= 0.3 is 0 Å². The molecule has 0 unspecified atom stereocenters. The van der Waals surface area contributed by atoms with Crippen LogP contribution >= 0.6 is 15.9 Å². The van der Waals surface area contributed by atoms with Crippen LogP contribution in [0.15, 0.2) is 48.5 Å². The number of halogens is 1. The fourth-order valence-electron chi connectivity index (χ4n) is 1.42. The summed E-state index contributed by atoms with van der Waals surface area (Å²) in [6.07, 6.45) is 0. The summed E-state index contributed by atoms with van der Waals surface area (Å²) in [6, 6.07) is 14.6. The molecule has 0 spiro atoms. The molecule has 0 atom stereocenters. The Morgan fingerprint density at radius 3 is 2.50 bits per heavy atom. The third-order valence-corrected chi connectivity index (χ3v) is 2.79. The molecule has 0 bridgehead atoms. The summed E-state index contributed by atoms with van der Waals surface area (Å²) in [7, 11) is 0. The zero-order valence-electron chi connectivity index (χ0n) is 8.56. The Bertz CT molecular complexity index is 496. The highest BCUT2D eigenvalue weighted by Gasteiger charge is 2.09. The lowest BCUT2D eigenvalue weighted by molar-refractivity contribution is 0.103. The Kier molecular flexibility index (Phi) is 3.47. The van der Waals surface area contributed by atoms with Crippen molar-refractivity contribution in [1.29, 1.82) is 0 Å². The van der Waals surface area contributed by atoms with Gasteiger partial charge in [0.1, 0.15) is 5.69 Å². The number of rotatable bonds is 3. The van der Waals surface area contributed by atoms with E-state index in [0.717, 1.165) is 5.69 Å². The summed E-state index contributed by atoms with van der Waals surface area (Å²) in [5.41, 5.74) is 2.02. The van der Waals surface area contributed by atoms with Gasteiger partial charge in [-0.1, -0.05) is 52.3 Å². The molecule has 1 aromatic carbocycles. The zero-order valence-corrected chi connectivity index (χ0v) is 10.1. The van der Waals surface area contributed by atoms with Crippen molar-refractivity contribution in [2.24, 2.45) is 0 Å². The average Bonchev–Trinajstić information content (AvgIpc) is 2.39. The smallest absolute Gasteiger partial charge is 0.211 e. The van der Waals surface area contributed by atoms with Crippen molar-refractivity contribution >= 4 is 21.7 Å². The second kappa shape index (κ2) is 5.03. The Morgan fingerprint density at radius 2 is 1.81 bits per heavy atom. The minimum absolute atomic E-state index is 0.0385. The first-order valence-corrected chi connectivity index (χ1v) is 6.05. The summed E-state index contributed by atoms with van der Waals surface area (Å²) in [5, 5.41) is 0.656. The molecule has 80 valence electrons. The van der Waals surface area contributed by atoms with Gasteiger partial charge in [0.05, 0.1) is 5.69 Å². The van der Waals surface area contributed by atoms with Crippen LogP contribution in [0, 0.1) is 0 Å². The quantitative estimate of drug-likeness (QED) is 0.636. The third kappa shape index (κ3) is 2.36.